The standard InChI is InChI=1S/C23H21ClN2O2/c1-25(15-17-14-18(28-2)12-13-20(17)24)26-21-11-7-6-10-19(21)22(23(26)27)16-8-4-3-5-9-16/h3-14,22H,15H2,1-2H3/t22-/m0/s1. The van der Waals surface area contributed by atoms with E-state index in [-0.39, 0.29) is 11.8 Å². The molecule has 0 spiro atoms. The molecule has 28 heavy (non-hydrogen) atoms. The van der Waals surface area contributed by atoms with Gasteiger partial charge >= 0.3 is 0 Å². The first-order chi connectivity index (χ1) is 13.6. The molecular formula is C23H21ClN2O2. The summed E-state index contributed by atoms with van der Waals surface area (Å²) in [6, 6.07) is 23.4. The number of benzene rings is 3. The summed E-state index contributed by atoms with van der Waals surface area (Å²) < 4.78 is 5.31. The number of hydrazine groups is 1. The first-order valence-electron chi connectivity index (χ1n) is 9.11. The zero-order valence-corrected chi connectivity index (χ0v) is 16.6. The smallest absolute Gasteiger partial charge is 0.253 e. The molecule has 1 heterocycles. The normalized spacial score (nSPS) is 15.8. The number of hydrogen-bond acceptors (Lipinski definition) is 3. The van der Waals surface area contributed by atoms with Gasteiger partial charge in [-0.2, -0.15) is 0 Å². The van der Waals surface area contributed by atoms with Crippen molar-refractivity contribution in [2.24, 2.45) is 0 Å². The van der Waals surface area contributed by atoms with E-state index in [4.69, 9.17) is 16.3 Å². The van der Waals surface area contributed by atoms with Crippen LogP contribution in [0, 0.1) is 0 Å². The van der Waals surface area contributed by atoms with E-state index < -0.39 is 0 Å². The number of carbonyl (C=O) groups is 1. The van der Waals surface area contributed by atoms with E-state index in [1.807, 2.05) is 84.9 Å². The lowest BCUT2D eigenvalue weighted by Crippen LogP contribution is -2.42. The fourth-order valence-electron chi connectivity index (χ4n) is 3.73. The van der Waals surface area contributed by atoms with Gasteiger partial charge in [0.1, 0.15) is 5.75 Å². The molecule has 0 saturated heterocycles. The van der Waals surface area contributed by atoms with Crippen LogP contribution >= 0.6 is 11.6 Å². The molecule has 0 N–H and O–H groups in total. The average Bonchev–Trinajstić information content (AvgIpc) is 3.02. The lowest BCUT2D eigenvalue weighted by Gasteiger charge is -2.29. The molecule has 0 radical (unpaired) electrons. The Hall–Kier alpha value is -2.82. The van der Waals surface area contributed by atoms with Crippen LogP contribution in [0.3, 0.4) is 0 Å². The predicted octanol–water partition coefficient (Wildman–Crippen LogP) is 4.87. The lowest BCUT2D eigenvalue weighted by atomic mass is 9.93. The molecule has 1 atom stereocenters. The summed E-state index contributed by atoms with van der Waals surface area (Å²) in [5.41, 5.74) is 3.82. The van der Waals surface area contributed by atoms with Crippen molar-refractivity contribution in [1.82, 2.24) is 5.01 Å². The average molecular weight is 393 g/mol. The Kier molecular flexibility index (Phi) is 5.07. The van der Waals surface area contributed by atoms with Crippen molar-refractivity contribution in [3.05, 3.63) is 94.5 Å². The maximum atomic E-state index is 13.4. The molecule has 0 aliphatic carbocycles. The lowest BCUT2D eigenvalue weighted by molar-refractivity contribution is -0.121. The third kappa shape index (κ3) is 3.26. The van der Waals surface area contributed by atoms with Crippen LogP contribution < -0.4 is 9.75 Å². The van der Waals surface area contributed by atoms with Gasteiger partial charge in [0.2, 0.25) is 0 Å². The second kappa shape index (κ2) is 7.66. The van der Waals surface area contributed by atoms with Gasteiger partial charge < -0.3 is 4.74 Å². The van der Waals surface area contributed by atoms with Crippen molar-refractivity contribution in [2.75, 3.05) is 19.2 Å². The van der Waals surface area contributed by atoms with E-state index in [1.54, 1.807) is 12.1 Å². The Morgan fingerprint density at radius 2 is 1.75 bits per heavy atom. The van der Waals surface area contributed by atoms with Gasteiger partial charge in [-0.15, -0.1) is 0 Å². The number of anilines is 1. The summed E-state index contributed by atoms with van der Waals surface area (Å²) in [6.45, 7) is 0.484. The Balaban J connectivity index is 1.69. The number of amides is 1. The minimum absolute atomic E-state index is 0.0360. The van der Waals surface area contributed by atoms with E-state index in [9.17, 15) is 4.79 Å². The third-order valence-electron chi connectivity index (χ3n) is 5.06. The Bertz CT molecular complexity index is 1010. The van der Waals surface area contributed by atoms with Gasteiger partial charge in [0.05, 0.1) is 18.7 Å². The molecular weight excluding hydrogens is 372 g/mol. The molecule has 1 aliphatic rings. The summed E-state index contributed by atoms with van der Waals surface area (Å²) in [7, 11) is 3.53. The van der Waals surface area contributed by atoms with Gasteiger partial charge in [-0.1, -0.05) is 60.1 Å². The van der Waals surface area contributed by atoms with E-state index in [0.29, 0.717) is 11.6 Å². The minimum atomic E-state index is -0.305. The van der Waals surface area contributed by atoms with E-state index in [2.05, 4.69) is 0 Å². The van der Waals surface area contributed by atoms with Crippen LogP contribution in [0.2, 0.25) is 5.02 Å². The summed E-state index contributed by atoms with van der Waals surface area (Å²) in [4.78, 5) is 13.4. The van der Waals surface area contributed by atoms with Crippen LogP contribution in [0.4, 0.5) is 5.69 Å². The van der Waals surface area contributed by atoms with Crippen LogP contribution in [0.5, 0.6) is 5.75 Å². The van der Waals surface area contributed by atoms with Crippen molar-refractivity contribution in [1.29, 1.82) is 0 Å². The van der Waals surface area contributed by atoms with Crippen LogP contribution in [-0.2, 0) is 11.3 Å². The van der Waals surface area contributed by atoms with Gasteiger partial charge in [0.25, 0.3) is 5.91 Å². The maximum absolute atomic E-state index is 13.4. The quantitative estimate of drug-likeness (QED) is 0.620. The molecule has 0 aromatic heterocycles. The monoisotopic (exact) mass is 392 g/mol. The second-order valence-electron chi connectivity index (χ2n) is 6.83. The molecule has 1 amide bonds. The highest BCUT2D eigenvalue weighted by molar-refractivity contribution is 6.31. The molecule has 4 nitrogen and oxygen atoms in total. The highest BCUT2D eigenvalue weighted by atomic mass is 35.5. The Morgan fingerprint density at radius 3 is 2.50 bits per heavy atom. The first-order valence-corrected chi connectivity index (χ1v) is 9.49. The molecule has 0 unspecified atom stereocenters. The number of ether oxygens (including phenoxy) is 1. The van der Waals surface area contributed by atoms with Crippen LogP contribution in [-0.4, -0.2) is 25.1 Å². The third-order valence-corrected chi connectivity index (χ3v) is 5.43. The summed E-state index contributed by atoms with van der Waals surface area (Å²) in [5.74, 6) is 0.470. The van der Waals surface area contributed by atoms with E-state index in [0.717, 1.165) is 28.1 Å². The molecule has 5 heteroatoms. The molecule has 142 valence electrons. The highest BCUT2D eigenvalue weighted by Crippen LogP contribution is 2.42. The molecule has 3 aromatic carbocycles. The van der Waals surface area contributed by atoms with Gasteiger partial charge in [-0.3, -0.25) is 4.79 Å². The molecule has 0 fully saturated rings. The summed E-state index contributed by atoms with van der Waals surface area (Å²) >= 11 is 6.38. The Labute approximate surface area is 169 Å². The fraction of sp³-hybridized carbons (Fsp3) is 0.174. The van der Waals surface area contributed by atoms with Crippen molar-refractivity contribution in [3.63, 3.8) is 0 Å². The van der Waals surface area contributed by atoms with E-state index >= 15 is 0 Å². The van der Waals surface area contributed by atoms with Crippen LogP contribution in [0.1, 0.15) is 22.6 Å². The van der Waals surface area contributed by atoms with Crippen molar-refractivity contribution in [3.8, 4) is 5.75 Å². The topological polar surface area (TPSA) is 32.8 Å². The summed E-state index contributed by atoms with van der Waals surface area (Å²) in [5, 5.41) is 4.31. The number of methoxy groups -OCH3 is 1. The Morgan fingerprint density at radius 1 is 1.04 bits per heavy atom. The van der Waals surface area contributed by atoms with Crippen molar-refractivity contribution < 1.29 is 9.53 Å². The number of carbonyl (C=O) groups excluding carboxylic acids is 1. The second-order valence-corrected chi connectivity index (χ2v) is 7.23. The van der Waals surface area contributed by atoms with Gasteiger partial charge in [0.15, 0.2) is 0 Å². The largest absolute Gasteiger partial charge is 0.497 e. The summed E-state index contributed by atoms with van der Waals surface area (Å²) in [6.07, 6.45) is 0. The number of hydrogen-bond donors (Lipinski definition) is 0. The molecule has 3 aromatic rings. The number of halogens is 1. The highest BCUT2D eigenvalue weighted by Gasteiger charge is 2.40. The van der Waals surface area contributed by atoms with E-state index in [1.165, 1.54) is 0 Å². The molecule has 0 bridgehead atoms. The van der Waals surface area contributed by atoms with Gasteiger partial charge in [-0.05, 0) is 41.0 Å². The minimum Gasteiger partial charge on any atom is -0.497 e. The zero-order chi connectivity index (χ0) is 19.7. The van der Waals surface area contributed by atoms with Crippen LogP contribution in [0.15, 0.2) is 72.8 Å². The predicted molar refractivity (Wildman–Crippen MR) is 112 cm³/mol. The number of fused-ring (bicyclic) bond motifs is 1. The first kappa shape index (κ1) is 18.5. The van der Waals surface area contributed by atoms with Gasteiger partial charge in [0, 0.05) is 18.6 Å². The van der Waals surface area contributed by atoms with Crippen LogP contribution in [0.25, 0.3) is 0 Å². The fourth-order valence-corrected chi connectivity index (χ4v) is 3.91. The number of rotatable bonds is 5. The molecule has 0 saturated carbocycles. The maximum Gasteiger partial charge on any atom is 0.253 e. The SMILES string of the molecule is COc1ccc(Cl)c(CN(C)N2C(=O)[C@@H](c3ccccc3)c3ccccc32)c1. The zero-order valence-electron chi connectivity index (χ0n) is 15.8. The van der Waals surface area contributed by atoms with Gasteiger partial charge in [-0.25, -0.2) is 10.0 Å². The number of para-hydroxylation sites is 1. The molecule has 4 rings (SSSR count). The molecule has 1 aliphatic heterocycles. The van der Waals surface area contributed by atoms with Crippen molar-refractivity contribution in [2.45, 2.75) is 12.5 Å². The number of nitrogens with zero attached hydrogens (tertiary/aromatic N) is 2. The van der Waals surface area contributed by atoms with Crippen molar-refractivity contribution >= 4 is 23.2 Å².